The molecule has 2 rings (SSSR count). The molecular weight excluding hydrogens is 266 g/mol. The lowest BCUT2D eigenvalue weighted by Gasteiger charge is -2.14. The summed E-state index contributed by atoms with van der Waals surface area (Å²) >= 11 is 1.70. The van der Waals surface area contributed by atoms with Gasteiger partial charge in [-0.25, -0.2) is 0 Å². The SMILES string of the molecule is CCCCNC[C@@H](C)NSc1ccc2cnccc2c1. The van der Waals surface area contributed by atoms with Gasteiger partial charge in [-0.05, 0) is 55.4 Å². The Morgan fingerprint density at radius 3 is 3.00 bits per heavy atom. The monoisotopic (exact) mass is 289 g/mol. The maximum atomic E-state index is 4.13. The number of rotatable bonds is 8. The van der Waals surface area contributed by atoms with Crippen LogP contribution in [0.4, 0.5) is 0 Å². The molecule has 0 spiro atoms. The largest absolute Gasteiger partial charge is 0.315 e. The van der Waals surface area contributed by atoms with E-state index >= 15 is 0 Å². The Hall–Kier alpha value is -1.10. The van der Waals surface area contributed by atoms with Gasteiger partial charge in [0, 0.05) is 35.3 Å². The van der Waals surface area contributed by atoms with Gasteiger partial charge < -0.3 is 5.32 Å². The van der Waals surface area contributed by atoms with Crippen molar-refractivity contribution in [2.75, 3.05) is 13.1 Å². The normalized spacial score (nSPS) is 12.7. The average molecular weight is 289 g/mol. The van der Waals surface area contributed by atoms with Crippen molar-refractivity contribution in [2.45, 2.75) is 37.6 Å². The van der Waals surface area contributed by atoms with E-state index in [1.807, 2.05) is 12.4 Å². The summed E-state index contributed by atoms with van der Waals surface area (Å²) in [7, 11) is 0. The Bertz CT molecular complexity index is 530. The second-order valence-electron chi connectivity index (χ2n) is 5.06. The van der Waals surface area contributed by atoms with Gasteiger partial charge in [-0.3, -0.25) is 9.71 Å². The van der Waals surface area contributed by atoms with Gasteiger partial charge in [-0.2, -0.15) is 0 Å². The maximum absolute atomic E-state index is 4.13. The van der Waals surface area contributed by atoms with Gasteiger partial charge in [-0.1, -0.05) is 19.4 Å². The zero-order valence-corrected chi connectivity index (χ0v) is 13.0. The van der Waals surface area contributed by atoms with E-state index in [0.29, 0.717) is 6.04 Å². The lowest BCUT2D eigenvalue weighted by molar-refractivity contribution is 0.569. The minimum atomic E-state index is 0.449. The van der Waals surface area contributed by atoms with Gasteiger partial charge in [0.25, 0.3) is 0 Å². The van der Waals surface area contributed by atoms with E-state index in [1.54, 1.807) is 11.9 Å². The number of fused-ring (bicyclic) bond motifs is 1. The van der Waals surface area contributed by atoms with Crippen molar-refractivity contribution in [3.63, 3.8) is 0 Å². The first-order valence-electron chi connectivity index (χ1n) is 7.26. The van der Waals surface area contributed by atoms with Gasteiger partial charge in [-0.15, -0.1) is 0 Å². The molecule has 0 aliphatic carbocycles. The zero-order chi connectivity index (χ0) is 14.2. The van der Waals surface area contributed by atoms with Gasteiger partial charge in [0.15, 0.2) is 0 Å². The molecular formula is C16H23N3S. The average Bonchev–Trinajstić information content (AvgIpc) is 2.49. The van der Waals surface area contributed by atoms with E-state index in [0.717, 1.165) is 13.1 Å². The third-order valence-corrected chi connectivity index (χ3v) is 4.16. The predicted molar refractivity (Wildman–Crippen MR) is 88.0 cm³/mol. The van der Waals surface area contributed by atoms with Crippen molar-refractivity contribution in [1.29, 1.82) is 0 Å². The van der Waals surface area contributed by atoms with Crippen LogP contribution in [0.3, 0.4) is 0 Å². The summed E-state index contributed by atoms with van der Waals surface area (Å²) in [5.74, 6) is 0. The Morgan fingerprint density at radius 1 is 1.25 bits per heavy atom. The summed E-state index contributed by atoms with van der Waals surface area (Å²) < 4.78 is 3.48. The van der Waals surface area contributed by atoms with Crippen molar-refractivity contribution in [2.24, 2.45) is 0 Å². The highest BCUT2D eigenvalue weighted by Gasteiger charge is 2.02. The van der Waals surface area contributed by atoms with E-state index in [4.69, 9.17) is 0 Å². The smallest absolute Gasteiger partial charge is 0.0346 e. The van der Waals surface area contributed by atoms with Crippen LogP contribution in [0.5, 0.6) is 0 Å². The molecule has 0 aliphatic rings. The van der Waals surface area contributed by atoms with Crippen molar-refractivity contribution < 1.29 is 0 Å². The molecule has 0 amide bonds. The van der Waals surface area contributed by atoms with Gasteiger partial charge in [0.05, 0.1) is 0 Å². The fourth-order valence-electron chi connectivity index (χ4n) is 1.96. The predicted octanol–water partition coefficient (Wildman–Crippen LogP) is 3.61. The highest BCUT2D eigenvalue weighted by Crippen LogP contribution is 2.21. The van der Waals surface area contributed by atoms with Crippen LogP contribution in [0.25, 0.3) is 10.8 Å². The standard InChI is InChI=1S/C16H23N3S/c1-3-4-8-17-11-13(2)19-20-16-6-5-15-12-18-9-7-14(15)10-16/h5-7,9-10,12-13,17,19H,3-4,8,11H2,1-2H3/t13-/m1/s1. The van der Waals surface area contributed by atoms with Crippen LogP contribution in [0.2, 0.25) is 0 Å². The van der Waals surface area contributed by atoms with Crippen molar-refractivity contribution in [3.05, 3.63) is 36.7 Å². The molecule has 0 saturated carbocycles. The summed E-state index contributed by atoms with van der Waals surface area (Å²) in [4.78, 5) is 5.37. The number of unbranched alkanes of at least 4 members (excludes halogenated alkanes) is 1. The summed E-state index contributed by atoms with van der Waals surface area (Å²) in [5, 5.41) is 5.89. The summed E-state index contributed by atoms with van der Waals surface area (Å²) in [5.41, 5.74) is 0. The lowest BCUT2D eigenvalue weighted by Crippen LogP contribution is -2.33. The molecule has 1 atom stereocenters. The molecule has 2 N–H and O–H groups in total. The van der Waals surface area contributed by atoms with Crippen LogP contribution in [-0.4, -0.2) is 24.1 Å². The minimum Gasteiger partial charge on any atom is -0.315 e. The fraction of sp³-hybridized carbons (Fsp3) is 0.438. The van der Waals surface area contributed by atoms with Crippen molar-refractivity contribution >= 4 is 22.7 Å². The number of benzene rings is 1. The number of nitrogens with one attached hydrogen (secondary N) is 2. The molecule has 0 aliphatic heterocycles. The van der Waals surface area contributed by atoms with Gasteiger partial charge >= 0.3 is 0 Å². The Labute approximate surface area is 125 Å². The van der Waals surface area contributed by atoms with Crippen LogP contribution in [0, 0.1) is 0 Å². The van der Waals surface area contributed by atoms with Crippen LogP contribution in [0.15, 0.2) is 41.6 Å². The second kappa shape index (κ2) is 8.25. The number of nitrogens with zero attached hydrogens (tertiary/aromatic N) is 1. The molecule has 108 valence electrons. The maximum Gasteiger partial charge on any atom is 0.0346 e. The zero-order valence-electron chi connectivity index (χ0n) is 12.2. The molecule has 20 heavy (non-hydrogen) atoms. The number of hydrogen-bond acceptors (Lipinski definition) is 4. The van der Waals surface area contributed by atoms with Crippen LogP contribution in [0.1, 0.15) is 26.7 Å². The quantitative estimate of drug-likeness (QED) is 0.575. The van der Waals surface area contributed by atoms with E-state index in [9.17, 15) is 0 Å². The summed E-state index contributed by atoms with van der Waals surface area (Å²) in [6, 6.07) is 8.96. The molecule has 1 aromatic heterocycles. The fourth-order valence-corrected chi connectivity index (χ4v) is 2.70. The summed E-state index contributed by atoms with van der Waals surface area (Å²) in [6.45, 7) is 6.53. The van der Waals surface area contributed by atoms with Gasteiger partial charge in [0.1, 0.15) is 0 Å². The highest BCUT2D eigenvalue weighted by atomic mass is 32.2. The number of pyridine rings is 1. The topological polar surface area (TPSA) is 37.0 Å². The molecule has 4 heteroatoms. The van der Waals surface area contributed by atoms with E-state index in [-0.39, 0.29) is 0 Å². The third kappa shape index (κ3) is 4.78. The Morgan fingerprint density at radius 2 is 2.15 bits per heavy atom. The van der Waals surface area contributed by atoms with E-state index in [1.165, 1.54) is 28.5 Å². The minimum absolute atomic E-state index is 0.449. The van der Waals surface area contributed by atoms with Crippen molar-refractivity contribution in [3.8, 4) is 0 Å². The van der Waals surface area contributed by atoms with Crippen LogP contribution < -0.4 is 10.0 Å². The van der Waals surface area contributed by atoms with Crippen LogP contribution in [-0.2, 0) is 0 Å². The van der Waals surface area contributed by atoms with Crippen molar-refractivity contribution in [1.82, 2.24) is 15.0 Å². The molecule has 0 fully saturated rings. The lowest BCUT2D eigenvalue weighted by atomic mass is 10.2. The third-order valence-electron chi connectivity index (χ3n) is 3.15. The molecule has 0 radical (unpaired) electrons. The molecule has 0 bridgehead atoms. The number of hydrogen-bond donors (Lipinski definition) is 2. The summed E-state index contributed by atoms with van der Waals surface area (Å²) in [6.07, 6.45) is 6.23. The Kier molecular flexibility index (Phi) is 6.30. The first-order valence-corrected chi connectivity index (χ1v) is 8.08. The molecule has 0 unspecified atom stereocenters. The second-order valence-corrected chi connectivity index (χ2v) is 5.97. The van der Waals surface area contributed by atoms with E-state index in [2.05, 4.69) is 53.1 Å². The molecule has 2 aromatic rings. The number of aromatic nitrogens is 1. The Balaban J connectivity index is 1.80. The molecule has 1 heterocycles. The highest BCUT2D eigenvalue weighted by molar-refractivity contribution is 7.97. The first-order chi connectivity index (χ1) is 9.79. The molecule has 3 nitrogen and oxygen atoms in total. The first kappa shape index (κ1) is 15.3. The van der Waals surface area contributed by atoms with Gasteiger partial charge in [0.2, 0.25) is 0 Å². The molecule has 0 saturated heterocycles. The molecule has 1 aromatic carbocycles. The van der Waals surface area contributed by atoms with Crippen LogP contribution >= 0.6 is 11.9 Å². The van der Waals surface area contributed by atoms with E-state index < -0.39 is 0 Å².